The normalized spacial score (nSPS) is 25.3. The number of hydrogen-bond acceptors (Lipinski definition) is 2. The zero-order valence-corrected chi connectivity index (χ0v) is 9.53. The molecule has 0 aromatic carbocycles. The van der Waals surface area contributed by atoms with Gasteiger partial charge in [-0.2, -0.15) is 8.78 Å². The van der Waals surface area contributed by atoms with Gasteiger partial charge in [-0.1, -0.05) is 6.92 Å². The number of nitrogens with one attached hydrogen (secondary N) is 2. The minimum atomic E-state index is -4.17. The van der Waals surface area contributed by atoms with Gasteiger partial charge in [0, 0.05) is 6.54 Å². The molecule has 1 unspecified atom stereocenters. The van der Waals surface area contributed by atoms with Crippen LogP contribution in [0.5, 0.6) is 0 Å². The van der Waals surface area contributed by atoms with Crippen LogP contribution >= 0.6 is 0 Å². The molecule has 1 aliphatic rings. The predicted molar refractivity (Wildman–Crippen MR) is 54.2 cm³/mol. The lowest BCUT2D eigenvalue weighted by Crippen LogP contribution is -2.48. The fourth-order valence-electron chi connectivity index (χ4n) is 1.86. The first-order valence-electron chi connectivity index (χ1n) is 5.49. The highest BCUT2D eigenvalue weighted by atomic mass is 19.3. The maximum atomic E-state index is 12.6. The number of alkyl halides is 4. The molecule has 1 amide bonds. The van der Waals surface area contributed by atoms with E-state index < -0.39 is 30.2 Å². The van der Waals surface area contributed by atoms with Crippen LogP contribution in [0.4, 0.5) is 17.6 Å². The monoisotopic (exact) mass is 256 g/mol. The molecule has 0 aromatic heterocycles. The Kier molecular flexibility index (Phi) is 4.35. The molecule has 1 fully saturated rings. The minimum Gasteiger partial charge on any atom is -0.349 e. The van der Waals surface area contributed by atoms with Crippen LogP contribution in [0, 0.1) is 5.41 Å². The van der Waals surface area contributed by atoms with Crippen LogP contribution < -0.4 is 10.6 Å². The SMILES string of the molecule is CCC1(C(=O)NCC(F)(F)C(F)F)CCNC1. The maximum Gasteiger partial charge on any atom is 0.324 e. The van der Waals surface area contributed by atoms with Crippen LogP contribution in [0.3, 0.4) is 0 Å². The van der Waals surface area contributed by atoms with E-state index in [9.17, 15) is 22.4 Å². The van der Waals surface area contributed by atoms with E-state index >= 15 is 0 Å². The summed E-state index contributed by atoms with van der Waals surface area (Å²) < 4.78 is 49.1. The number of amides is 1. The Labute approximate surface area is 96.9 Å². The smallest absolute Gasteiger partial charge is 0.324 e. The molecule has 0 bridgehead atoms. The average Bonchev–Trinajstić information content (AvgIpc) is 2.75. The highest BCUT2D eigenvalue weighted by molar-refractivity contribution is 5.83. The molecule has 7 heteroatoms. The predicted octanol–water partition coefficient (Wildman–Crippen LogP) is 1.39. The Bertz CT molecular complexity index is 277. The Morgan fingerprint density at radius 2 is 2.18 bits per heavy atom. The average molecular weight is 256 g/mol. The number of halogens is 4. The van der Waals surface area contributed by atoms with Crippen LogP contribution in [-0.4, -0.2) is 37.9 Å². The van der Waals surface area contributed by atoms with Gasteiger partial charge in [-0.15, -0.1) is 0 Å². The van der Waals surface area contributed by atoms with E-state index in [-0.39, 0.29) is 0 Å². The van der Waals surface area contributed by atoms with E-state index in [1.54, 1.807) is 6.92 Å². The van der Waals surface area contributed by atoms with Gasteiger partial charge in [0.05, 0.1) is 12.0 Å². The van der Waals surface area contributed by atoms with Crippen molar-refractivity contribution in [3.05, 3.63) is 0 Å². The first-order valence-corrected chi connectivity index (χ1v) is 5.49. The van der Waals surface area contributed by atoms with Crippen molar-refractivity contribution in [2.45, 2.75) is 32.1 Å². The van der Waals surface area contributed by atoms with Crippen molar-refractivity contribution in [1.82, 2.24) is 10.6 Å². The fourth-order valence-corrected chi connectivity index (χ4v) is 1.86. The molecule has 0 radical (unpaired) electrons. The highest BCUT2D eigenvalue weighted by Gasteiger charge is 2.44. The summed E-state index contributed by atoms with van der Waals surface area (Å²) in [4.78, 5) is 11.7. The van der Waals surface area contributed by atoms with Crippen LogP contribution in [0.15, 0.2) is 0 Å². The highest BCUT2D eigenvalue weighted by Crippen LogP contribution is 2.30. The number of carbonyl (C=O) groups excluding carboxylic acids is 1. The summed E-state index contributed by atoms with van der Waals surface area (Å²) >= 11 is 0. The van der Waals surface area contributed by atoms with Crippen molar-refractivity contribution >= 4 is 5.91 Å². The molecule has 1 heterocycles. The van der Waals surface area contributed by atoms with Crippen LogP contribution in [0.1, 0.15) is 19.8 Å². The fraction of sp³-hybridized carbons (Fsp3) is 0.900. The summed E-state index contributed by atoms with van der Waals surface area (Å²) in [5.41, 5.74) is -0.738. The van der Waals surface area contributed by atoms with Crippen molar-refractivity contribution < 1.29 is 22.4 Å². The zero-order chi connectivity index (χ0) is 13.1. The first-order chi connectivity index (χ1) is 7.84. The van der Waals surface area contributed by atoms with E-state index in [0.717, 1.165) is 0 Å². The van der Waals surface area contributed by atoms with Gasteiger partial charge in [0.2, 0.25) is 5.91 Å². The molecule has 2 N–H and O–H groups in total. The van der Waals surface area contributed by atoms with Gasteiger partial charge in [0.1, 0.15) is 0 Å². The van der Waals surface area contributed by atoms with Crippen LogP contribution in [0.25, 0.3) is 0 Å². The van der Waals surface area contributed by atoms with Crippen molar-refractivity contribution in [2.24, 2.45) is 5.41 Å². The minimum absolute atomic E-state index is 0.398. The molecule has 3 nitrogen and oxygen atoms in total. The quantitative estimate of drug-likeness (QED) is 0.730. The van der Waals surface area contributed by atoms with Gasteiger partial charge in [-0.3, -0.25) is 4.79 Å². The first kappa shape index (κ1) is 14.2. The summed E-state index contributed by atoms with van der Waals surface area (Å²) in [6.45, 7) is 1.49. The summed E-state index contributed by atoms with van der Waals surface area (Å²) in [7, 11) is 0. The van der Waals surface area contributed by atoms with Gasteiger partial charge < -0.3 is 10.6 Å². The Hall–Kier alpha value is -0.850. The summed E-state index contributed by atoms with van der Waals surface area (Å²) in [6, 6.07) is 0. The largest absolute Gasteiger partial charge is 0.349 e. The Morgan fingerprint density at radius 3 is 2.59 bits per heavy atom. The van der Waals surface area contributed by atoms with Crippen molar-refractivity contribution in [1.29, 1.82) is 0 Å². The standard InChI is InChI=1S/C10H16F4N2O/c1-2-9(3-4-15-5-9)8(17)16-6-10(13,14)7(11)12/h7,15H,2-6H2,1H3,(H,16,17). The molecular formula is C10H16F4N2O. The second-order valence-electron chi connectivity index (χ2n) is 4.31. The van der Waals surface area contributed by atoms with Gasteiger partial charge in [0.15, 0.2) is 0 Å². The second-order valence-corrected chi connectivity index (χ2v) is 4.31. The van der Waals surface area contributed by atoms with Crippen LogP contribution in [0.2, 0.25) is 0 Å². The molecule has 0 aliphatic carbocycles. The molecular weight excluding hydrogens is 240 g/mol. The van der Waals surface area contributed by atoms with E-state index in [0.29, 0.717) is 25.9 Å². The van der Waals surface area contributed by atoms with Gasteiger partial charge in [0.25, 0.3) is 0 Å². The summed E-state index contributed by atoms with van der Waals surface area (Å²) in [5, 5.41) is 4.90. The molecule has 0 saturated carbocycles. The lowest BCUT2D eigenvalue weighted by Gasteiger charge is -2.26. The van der Waals surface area contributed by atoms with E-state index in [2.05, 4.69) is 5.32 Å². The van der Waals surface area contributed by atoms with E-state index in [1.807, 2.05) is 5.32 Å². The molecule has 1 rings (SSSR count). The summed E-state index contributed by atoms with van der Waals surface area (Å²) in [5.74, 6) is -4.75. The van der Waals surface area contributed by atoms with Gasteiger partial charge in [-0.05, 0) is 19.4 Å². The number of rotatable bonds is 5. The number of hydrogen-bond donors (Lipinski definition) is 2. The molecule has 0 spiro atoms. The summed E-state index contributed by atoms with van der Waals surface area (Å²) in [6.07, 6.45) is -2.73. The van der Waals surface area contributed by atoms with E-state index in [4.69, 9.17) is 0 Å². The van der Waals surface area contributed by atoms with Gasteiger partial charge in [-0.25, -0.2) is 8.78 Å². The van der Waals surface area contributed by atoms with Crippen LogP contribution in [-0.2, 0) is 4.79 Å². The third-order valence-corrected chi connectivity index (χ3v) is 3.21. The molecule has 100 valence electrons. The lowest BCUT2D eigenvalue weighted by molar-refractivity contribution is -0.142. The molecule has 1 atom stereocenters. The Morgan fingerprint density at radius 1 is 1.53 bits per heavy atom. The third-order valence-electron chi connectivity index (χ3n) is 3.21. The third kappa shape index (κ3) is 3.08. The topological polar surface area (TPSA) is 41.1 Å². The maximum absolute atomic E-state index is 12.6. The molecule has 0 aromatic rings. The van der Waals surface area contributed by atoms with Crippen molar-refractivity contribution in [2.75, 3.05) is 19.6 Å². The number of carbonyl (C=O) groups is 1. The zero-order valence-electron chi connectivity index (χ0n) is 9.53. The second kappa shape index (κ2) is 5.20. The van der Waals surface area contributed by atoms with Gasteiger partial charge >= 0.3 is 12.3 Å². The molecule has 1 saturated heterocycles. The lowest BCUT2D eigenvalue weighted by atomic mass is 9.83. The van der Waals surface area contributed by atoms with E-state index in [1.165, 1.54) is 0 Å². The molecule has 17 heavy (non-hydrogen) atoms. The molecule has 1 aliphatic heterocycles. The Balaban J connectivity index is 2.54. The van der Waals surface area contributed by atoms with Crippen molar-refractivity contribution in [3.8, 4) is 0 Å². The van der Waals surface area contributed by atoms with Crippen molar-refractivity contribution in [3.63, 3.8) is 0 Å².